The molecule has 0 saturated heterocycles. The van der Waals surface area contributed by atoms with Gasteiger partial charge in [0.2, 0.25) is 5.95 Å². The molecule has 1 saturated carbocycles. The Kier molecular flexibility index (Phi) is 4.56. The maximum absolute atomic E-state index is 4.68. The first-order chi connectivity index (χ1) is 10.7. The lowest BCUT2D eigenvalue weighted by Crippen LogP contribution is -2.17. The Morgan fingerprint density at radius 1 is 1.18 bits per heavy atom. The van der Waals surface area contributed by atoms with Gasteiger partial charge in [-0.2, -0.15) is 4.98 Å². The Labute approximate surface area is 132 Å². The highest BCUT2D eigenvalue weighted by atomic mass is 15.2. The first kappa shape index (κ1) is 14.8. The zero-order valence-corrected chi connectivity index (χ0v) is 13.3. The molecular weight excluding hydrogens is 272 g/mol. The molecule has 3 rings (SSSR count). The van der Waals surface area contributed by atoms with Crippen molar-refractivity contribution < 1.29 is 0 Å². The van der Waals surface area contributed by atoms with Gasteiger partial charge in [0.05, 0.1) is 5.69 Å². The summed E-state index contributed by atoms with van der Waals surface area (Å²) in [6.45, 7) is 5.10. The summed E-state index contributed by atoms with van der Waals surface area (Å²) < 4.78 is 0. The lowest BCUT2D eigenvalue weighted by atomic mass is 10.2. The summed E-state index contributed by atoms with van der Waals surface area (Å²) in [4.78, 5) is 9.29. The first-order valence-corrected chi connectivity index (χ1v) is 8.18. The third kappa shape index (κ3) is 3.97. The largest absolute Gasteiger partial charge is 0.366 e. The van der Waals surface area contributed by atoms with E-state index in [1.807, 2.05) is 6.07 Å². The van der Waals surface area contributed by atoms with E-state index >= 15 is 0 Å². The van der Waals surface area contributed by atoms with Gasteiger partial charge in [0.15, 0.2) is 0 Å². The summed E-state index contributed by atoms with van der Waals surface area (Å²) in [6, 6.07) is 12.9. The van der Waals surface area contributed by atoms with Crippen molar-refractivity contribution in [2.45, 2.75) is 51.6 Å². The van der Waals surface area contributed by atoms with E-state index in [4.69, 9.17) is 0 Å². The molecule has 1 heterocycles. The molecular formula is C18H24N4. The van der Waals surface area contributed by atoms with E-state index in [1.54, 1.807) is 0 Å². The van der Waals surface area contributed by atoms with Crippen LogP contribution < -0.4 is 10.6 Å². The molecule has 116 valence electrons. The molecule has 1 aromatic carbocycles. The van der Waals surface area contributed by atoms with E-state index in [-0.39, 0.29) is 0 Å². The third-order valence-electron chi connectivity index (χ3n) is 4.05. The Balaban J connectivity index is 1.74. The molecule has 1 aromatic heterocycles. The van der Waals surface area contributed by atoms with E-state index in [0.717, 1.165) is 30.4 Å². The van der Waals surface area contributed by atoms with Crippen LogP contribution in [-0.2, 0) is 6.54 Å². The van der Waals surface area contributed by atoms with Gasteiger partial charge < -0.3 is 10.6 Å². The van der Waals surface area contributed by atoms with Crippen LogP contribution in [0, 0.1) is 0 Å². The van der Waals surface area contributed by atoms with Gasteiger partial charge in [0.25, 0.3) is 0 Å². The van der Waals surface area contributed by atoms with Crippen LogP contribution >= 0.6 is 0 Å². The molecule has 1 aliphatic carbocycles. The summed E-state index contributed by atoms with van der Waals surface area (Å²) in [6.07, 6.45) is 3.56. The van der Waals surface area contributed by atoms with Crippen molar-refractivity contribution in [2.24, 2.45) is 0 Å². The fraction of sp³-hybridized carbons (Fsp3) is 0.444. The van der Waals surface area contributed by atoms with Crippen LogP contribution in [-0.4, -0.2) is 16.0 Å². The van der Waals surface area contributed by atoms with Gasteiger partial charge in [0, 0.05) is 24.6 Å². The predicted octanol–water partition coefficient (Wildman–Crippen LogP) is 4.18. The SMILES string of the molecule is CC[C@@H](C)Nc1nc(NCc2ccccc2)cc(C2CC2)n1. The number of benzene rings is 1. The summed E-state index contributed by atoms with van der Waals surface area (Å²) >= 11 is 0. The lowest BCUT2D eigenvalue weighted by molar-refractivity contribution is 0.750. The topological polar surface area (TPSA) is 49.8 Å². The average molecular weight is 296 g/mol. The van der Waals surface area contributed by atoms with Gasteiger partial charge in [-0.1, -0.05) is 37.3 Å². The maximum Gasteiger partial charge on any atom is 0.225 e. The van der Waals surface area contributed by atoms with Gasteiger partial charge >= 0.3 is 0 Å². The Morgan fingerprint density at radius 2 is 1.95 bits per heavy atom. The maximum atomic E-state index is 4.68. The Bertz CT molecular complexity index is 608. The number of aromatic nitrogens is 2. The normalized spacial score (nSPS) is 15.4. The zero-order valence-electron chi connectivity index (χ0n) is 13.3. The summed E-state index contributed by atoms with van der Waals surface area (Å²) in [5, 5.41) is 6.82. The number of rotatable bonds is 7. The van der Waals surface area contributed by atoms with E-state index in [9.17, 15) is 0 Å². The highest BCUT2D eigenvalue weighted by Gasteiger charge is 2.26. The average Bonchev–Trinajstić information content (AvgIpc) is 3.38. The Hall–Kier alpha value is -2.10. The second-order valence-electron chi connectivity index (χ2n) is 6.07. The van der Waals surface area contributed by atoms with Gasteiger partial charge in [-0.15, -0.1) is 0 Å². The first-order valence-electron chi connectivity index (χ1n) is 8.18. The molecule has 0 aliphatic heterocycles. The number of hydrogen-bond donors (Lipinski definition) is 2. The second kappa shape index (κ2) is 6.77. The molecule has 0 spiro atoms. The van der Waals surface area contributed by atoms with Crippen LogP contribution in [0.1, 0.15) is 50.3 Å². The number of hydrogen-bond acceptors (Lipinski definition) is 4. The van der Waals surface area contributed by atoms with E-state index in [1.165, 1.54) is 18.4 Å². The van der Waals surface area contributed by atoms with Crippen molar-refractivity contribution in [1.82, 2.24) is 9.97 Å². The minimum Gasteiger partial charge on any atom is -0.366 e. The highest BCUT2D eigenvalue weighted by Crippen LogP contribution is 2.39. The molecule has 0 amide bonds. The minimum absolute atomic E-state index is 0.386. The van der Waals surface area contributed by atoms with Gasteiger partial charge in [-0.3, -0.25) is 0 Å². The molecule has 1 aliphatic rings. The summed E-state index contributed by atoms with van der Waals surface area (Å²) in [5.41, 5.74) is 2.42. The molecule has 4 heteroatoms. The number of anilines is 2. The molecule has 1 fully saturated rings. The fourth-order valence-electron chi connectivity index (χ4n) is 2.32. The fourth-order valence-corrected chi connectivity index (χ4v) is 2.32. The third-order valence-corrected chi connectivity index (χ3v) is 4.05. The van der Waals surface area contributed by atoms with Crippen molar-refractivity contribution in [1.29, 1.82) is 0 Å². The zero-order chi connectivity index (χ0) is 15.4. The van der Waals surface area contributed by atoms with E-state index in [0.29, 0.717) is 12.0 Å². The monoisotopic (exact) mass is 296 g/mol. The smallest absolute Gasteiger partial charge is 0.225 e. The predicted molar refractivity (Wildman–Crippen MR) is 91.2 cm³/mol. The molecule has 0 unspecified atom stereocenters. The summed E-state index contributed by atoms with van der Waals surface area (Å²) in [7, 11) is 0. The van der Waals surface area contributed by atoms with Crippen LogP contribution in [0.5, 0.6) is 0 Å². The van der Waals surface area contributed by atoms with Crippen LogP contribution in [0.25, 0.3) is 0 Å². The highest BCUT2D eigenvalue weighted by molar-refractivity contribution is 5.44. The summed E-state index contributed by atoms with van der Waals surface area (Å²) in [5.74, 6) is 2.28. The van der Waals surface area contributed by atoms with Crippen LogP contribution in [0.15, 0.2) is 36.4 Å². The molecule has 0 bridgehead atoms. The molecule has 1 atom stereocenters. The van der Waals surface area contributed by atoms with Crippen LogP contribution in [0.3, 0.4) is 0 Å². The lowest BCUT2D eigenvalue weighted by Gasteiger charge is -2.14. The van der Waals surface area contributed by atoms with Crippen molar-refractivity contribution >= 4 is 11.8 Å². The standard InChI is InChI=1S/C18H24N4/c1-3-13(2)20-18-21-16(15-9-10-15)11-17(22-18)19-12-14-7-5-4-6-8-14/h4-8,11,13,15H,3,9-10,12H2,1-2H3,(H2,19,20,21,22)/t13-/m1/s1. The number of nitrogens with zero attached hydrogens (tertiary/aromatic N) is 2. The van der Waals surface area contributed by atoms with Crippen LogP contribution in [0.2, 0.25) is 0 Å². The van der Waals surface area contributed by atoms with Gasteiger partial charge in [0.1, 0.15) is 5.82 Å². The Morgan fingerprint density at radius 3 is 2.64 bits per heavy atom. The van der Waals surface area contributed by atoms with Crippen molar-refractivity contribution in [2.75, 3.05) is 10.6 Å². The van der Waals surface area contributed by atoms with Gasteiger partial charge in [-0.25, -0.2) is 4.98 Å². The molecule has 4 nitrogen and oxygen atoms in total. The quantitative estimate of drug-likeness (QED) is 0.805. The second-order valence-corrected chi connectivity index (χ2v) is 6.07. The number of nitrogens with one attached hydrogen (secondary N) is 2. The van der Waals surface area contributed by atoms with E-state index in [2.05, 4.69) is 64.8 Å². The van der Waals surface area contributed by atoms with Gasteiger partial charge in [-0.05, 0) is 31.7 Å². The van der Waals surface area contributed by atoms with Crippen molar-refractivity contribution in [3.8, 4) is 0 Å². The van der Waals surface area contributed by atoms with Crippen LogP contribution in [0.4, 0.5) is 11.8 Å². The minimum atomic E-state index is 0.386. The van der Waals surface area contributed by atoms with Crippen molar-refractivity contribution in [3.05, 3.63) is 47.7 Å². The van der Waals surface area contributed by atoms with Crippen molar-refractivity contribution in [3.63, 3.8) is 0 Å². The van der Waals surface area contributed by atoms with E-state index < -0.39 is 0 Å². The molecule has 2 aromatic rings. The molecule has 0 radical (unpaired) electrons. The molecule has 2 N–H and O–H groups in total. The molecule has 22 heavy (non-hydrogen) atoms.